The largest absolute Gasteiger partial charge is 0.314 e. The van der Waals surface area contributed by atoms with Gasteiger partial charge in [0.25, 0.3) is 0 Å². The van der Waals surface area contributed by atoms with Gasteiger partial charge in [-0.2, -0.15) is 0 Å². The Hall–Kier alpha value is -0.0800. The van der Waals surface area contributed by atoms with Crippen LogP contribution in [0.15, 0.2) is 0 Å². The Balaban J connectivity index is 1.90. The van der Waals surface area contributed by atoms with Crippen molar-refractivity contribution in [3.8, 4) is 0 Å². The molecule has 2 atom stereocenters. The first kappa shape index (κ1) is 5.56. The third kappa shape index (κ3) is 0.565. The molecular formula is C8H14N2. The number of hydrogen-bond donors (Lipinski definition) is 2. The van der Waals surface area contributed by atoms with Crippen molar-refractivity contribution in [2.75, 3.05) is 13.1 Å². The molecule has 0 amide bonds. The zero-order chi connectivity index (χ0) is 6.60. The van der Waals surface area contributed by atoms with Gasteiger partial charge < -0.3 is 10.6 Å². The van der Waals surface area contributed by atoms with E-state index in [1.807, 2.05) is 0 Å². The Morgan fingerprint density at radius 2 is 2.10 bits per heavy atom. The number of nitrogens with one attached hydrogen (secondary N) is 2. The average molecular weight is 138 g/mol. The molecule has 1 saturated carbocycles. The second-order valence-electron chi connectivity index (χ2n) is 4.14. The van der Waals surface area contributed by atoms with E-state index in [-0.39, 0.29) is 0 Å². The van der Waals surface area contributed by atoms with E-state index in [4.69, 9.17) is 0 Å². The third-order valence-electron chi connectivity index (χ3n) is 3.46. The van der Waals surface area contributed by atoms with Crippen LogP contribution in [0, 0.1) is 5.41 Å². The minimum atomic E-state index is 0.772. The van der Waals surface area contributed by atoms with E-state index in [0.717, 1.165) is 17.5 Å². The molecule has 2 heteroatoms. The summed E-state index contributed by atoms with van der Waals surface area (Å²) >= 11 is 0. The Morgan fingerprint density at radius 3 is 2.80 bits per heavy atom. The first-order valence-corrected chi connectivity index (χ1v) is 4.36. The third-order valence-corrected chi connectivity index (χ3v) is 3.46. The molecule has 0 unspecified atom stereocenters. The van der Waals surface area contributed by atoms with Gasteiger partial charge in [0.1, 0.15) is 0 Å². The highest BCUT2D eigenvalue weighted by Crippen LogP contribution is 2.56. The highest BCUT2D eigenvalue weighted by atomic mass is 15.1. The van der Waals surface area contributed by atoms with E-state index in [0.29, 0.717) is 0 Å². The van der Waals surface area contributed by atoms with Crippen molar-refractivity contribution in [3.63, 3.8) is 0 Å². The van der Waals surface area contributed by atoms with Gasteiger partial charge in [-0.3, -0.25) is 0 Å². The van der Waals surface area contributed by atoms with Gasteiger partial charge in [-0.1, -0.05) is 0 Å². The highest BCUT2D eigenvalue weighted by Gasteiger charge is 2.55. The summed E-state index contributed by atoms with van der Waals surface area (Å²) in [6.07, 6.45) is 4.43. The first-order valence-electron chi connectivity index (χ1n) is 4.36. The molecule has 2 nitrogen and oxygen atoms in total. The summed E-state index contributed by atoms with van der Waals surface area (Å²) in [5.41, 5.74) is 0.772. The molecule has 0 aromatic carbocycles. The molecule has 0 aromatic rings. The molecule has 0 aromatic heterocycles. The normalized spacial score (nSPS) is 48.0. The molecule has 2 bridgehead atoms. The number of fused-ring (bicyclic) bond motifs is 3. The van der Waals surface area contributed by atoms with Crippen LogP contribution in [0.4, 0.5) is 0 Å². The molecular weight excluding hydrogens is 124 g/mol. The summed E-state index contributed by atoms with van der Waals surface area (Å²) in [5, 5.41) is 7.16. The molecule has 1 spiro atoms. The first-order chi connectivity index (χ1) is 4.89. The van der Waals surface area contributed by atoms with Gasteiger partial charge in [-0.25, -0.2) is 0 Å². The Labute approximate surface area is 61.4 Å². The van der Waals surface area contributed by atoms with Crippen LogP contribution in [-0.2, 0) is 0 Å². The minimum Gasteiger partial charge on any atom is -0.314 e. The molecule has 2 saturated heterocycles. The molecule has 56 valence electrons. The van der Waals surface area contributed by atoms with Crippen LogP contribution >= 0.6 is 0 Å². The average Bonchev–Trinajstić information content (AvgIpc) is 2.65. The predicted octanol–water partition coefficient (Wildman–Crippen LogP) is 0.100. The lowest BCUT2D eigenvalue weighted by Crippen LogP contribution is -2.49. The van der Waals surface area contributed by atoms with Crippen molar-refractivity contribution in [1.82, 2.24) is 10.6 Å². The second kappa shape index (κ2) is 1.56. The van der Waals surface area contributed by atoms with E-state index < -0.39 is 0 Å². The summed E-state index contributed by atoms with van der Waals surface area (Å²) in [6, 6.07) is 1.63. The van der Waals surface area contributed by atoms with Crippen molar-refractivity contribution in [2.24, 2.45) is 5.41 Å². The van der Waals surface area contributed by atoms with Gasteiger partial charge in [0.15, 0.2) is 0 Å². The summed E-state index contributed by atoms with van der Waals surface area (Å²) in [4.78, 5) is 0. The van der Waals surface area contributed by atoms with E-state index >= 15 is 0 Å². The molecule has 2 heterocycles. The predicted molar refractivity (Wildman–Crippen MR) is 39.9 cm³/mol. The molecule has 3 fully saturated rings. The maximum absolute atomic E-state index is 3.68. The Bertz CT molecular complexity index is 163. The lowest BCUT2D eigenvalue weighted by Gasteiger charge is -2.23. The molecule has 3 rings (SSSR count). The summed E-state index contributed by atoms with van der Waals surface area (Å²) in [5.74, 6) is 0. The Kier molecular flexibility index (Phi) is 0.868. The zero-order valence-electron chi connectivity index (χ0n) is 6.19. The fraction of sp³-hybridized carbons (Fsp3) is 1.00. The van der Waals surface area contributed by atoms with Gasteiger partial charge in [-0.05, 0) is 24.7 Å². The van der Waals surface area contributed by atoms with Crippen LogP contribution in [0.1, 0.15) is 19.3 Å². The van der Waals surface area contributed by atoms with E-state index in [1.54, 1.807) is 0 Å². The van der Waals surface area contributed by atoms with Crippen LogP contribution in [0.2, 0.25) is 0 Å². The maximum Gasteiger partial charge on any atom is 0.0252 e. The molecule has 1 aliphatic carbocycles. The van der Waals surface area contributed by atoms with E-state index in [2.05, 4.69) is 10.6 Å². The zero-order valence-corrected chi connectivity index (χ0v) is 6.19. The molecule has 10 heavy (non-hydrogen) atoms. The maximum atomic E-state index is 3.68. The van der Waals surface area contributed by atoms with Crippen molar-refractivity contribution in [2.45, 2.75) is 31.3 Å². The standard InChI is InChI=1S/C8H14N2/c1-2-8(1)3-6-4-9-5-7(8)10-6/h6-7,9-10H,1-5H2/t6-,7-/m1/s1. The van der Waals surface area contributed by atoms with Crippen molar-refractivity contribution in [3.05, 3.63) is 0 Å². The van der Waals surface area contributed by atoms with Crippen LogP contribution < -0.4 is 10.6 Å². The number of piperazine rings is 1. The van der Waals surface area contributed by atoms with Gasteiger partial charge in [-0.15, -0.1) is 0 Å². The van der Waals surface area contributed by atoms with Crippen LogP contribution in [0.5, 0.6) is 0 Å². The molecule has 3 aliphatic rings. The summed E-state index contributed by atoms with van der Waals surface area (Å²) < 4.78 is 0. The van der Waals surface area contributed by atoms with Gasteiger partial charge in [0, 0.05) is 25.2 Å². The van der Waals surface area contributed by atoms with E-state index in [1.165, 1.54) is 32.4 Å². The van der Waals surface area contributed by atoms with Crippen molar-refractivity contribution < 1.29 is 0 Å². The number of hydrogen-bond acceptors (Lipinski definition) is 2. The highest BCUT2D eigenvalue weighted by molar-refractivity contribution is 5.12. The van der Waals surface area contributed by atoms with Crippen molar-refractivity contribution in [1.29, 1.82) is 0 Å². The summed E-state index contributed by atoms with van der Waals surface area (Å²) in [7, 11) is 0. The van der Waals surface area contributed by atoms with E-state index in [9.17, 15) is 0 Å². The topological polar surface area (TPSA) is 24.1 Å². The van der Waals surface area contributed by atoms with Crippen LogP contribution in [0.3, 0.4) is 0 Å². The monoisotopic (exact) mass is 138 g/mol. The molecule has 2 aliphatic heterocycles. The van der Waals surface area contributed by atoms with Crippen LogP contribution in [-0.4, -0.2) is 25.2 Å². The van der Waals surface area contributed by atoms with Crippen LogP contribution in [0.25, 0.3) is 0 Å². The molecule has 2 N–H and O–H groups in total. The van der Waals surface area contributed by atoms with Gasteiger partial charge in [0.05, 0.1) is 0 Å². The van der Waals surface area contributed by atoms with Gasteiger partial charge >= 0.3 is 0 Å². The minimum absolute atomic E-state index is 0.772. The number of rotatable bonds is 0. The lowest BCUT2D eigenvalue weighted by molar-refractivity contribution is 0.381. The second-order valence-corrected chi connectivity index (χ2v) is 4.14. The van der Waals surface area contributed by atoms with Gasteiger partial charge in [0.2, 0.25) is 0 Å². The summed E-state index contributed by atoms with van der Waals surface area (Å²) in [6.45, 7) is 2.43. The fourth-order valence-electron chi connectivity index (χ4n) is 2.67. The van der Waals surface area contributed by atoms with Crippen molar-refractivity contribution >= 4 is 0 Å². The molecule has 0 radical (unpaired) electrons. The fourth-order valence-corrected chi connectivity index (χ4v) is 2.67. The quantitative estimate of drug-likeness (QED) is 0.496. The lowest BCUT2D eigenvalue weighted by atomic mass is 9.97. The SMILES string of the molecule is C1NC[C@H]2N[C@@H]1CC21CC1. The smallest absolute Gasteiger partial charge is 0.0252 e. The Morgan fingerprint density at radius 1 is 1.20 bits per heavy atom.